The number of hydrogen-bond donors (Lipinski definition) is 2. The number of esters is 1. The molecule has 2 atom stereocenters. The third-order valence-electron chi connectivity index (χ3n) is 3.12. The van der Waals surface area contributed by atoms with Gasteiger partial charge in [0.05, 0.1) is 18.7 Å². The number of aliphatic carboxylic acids is 1. The van der Waals surface area contributed by atoms with E-state index in [-0.39, 0.29) is 23.7 Å². The Kier molecular flexibility index (Phi) is 2.62. The Balaban J connectivity index is 2.43. The minimum Gasteiger partial charge on any atom is -0.477 e. The number of carbonyl (C=O) groups excluding carboxylic acids is 2. The molecule has 3 N–H and O–H groups in total. The number of carboxylic acids is 1. The molecule has 0 radical (unpaired) electrons. The number of carboxylic acid groups (broad SMARTS) is 1. The van der Waals surface area contributed by atoms with Gasteiger partial charge >= 0.3 is 11.9 Å². The highest BCUT2D eigenvalue weighted by molar-refractivity contribution is 6.05. The summed E-state index contributed by atoms with van der Waals surface area (Å²) in [5.74, 6) is -2.49. The molecule has 0 aromatic heterocycles. The van der Waals surface area contributed by atoms with E-state index in [9.17, 15) is 14.4 Å². The van der Waals surface area contributed by atoms with Gasteiger partial charge in [-0.2, -0.15) is 0 Å². The number of nitrogens with zero attached hydrogens (tertiary/aromatic N) is 1. The second kappa shape index (κ2) is 3.85. The van der Waals surface area contributed by atoms with E-state index in [0.29, 0.717) is 6.42 Å². The molecular formula is C10H12N2O5. The van der Waals surface area contributed by atoms with Crippen LogP contribution in [0.25, 0.3) is 0 Å². The van der Waals surface area contributed by atoms with Crippen molar-refractivity contribution < 1.29 is 24.2 Å². The molecule has 2 heterocycles. The van der Waals surface area contributed by atoms with Crippen LogP contribution in [-0.4, -0.2) is 47.0 Å². The number of nitrogens with two attached hydrogens (primary N) is 1. The zero-order chi connectivity index (χ0) is 12.7. The van der Waals surface area contributed by atoms with Crippen LogP contribution in [0.4, 0.5) is 0 Å². The lowest BCUT2D eigenvalue weighted by atomic mass is 9.84. The molecule has 2 aliphatic heterocycles. The van der Waals surface area contributed by atoms with Crippen molar-refractivity contribution in [3.63, 3.8) is 0 Å². The van der Waals surface area contributed by atoms with Crippen molar-refractivity contribution >= 4 is 17.8 Å². The molecule has 2 rings (SSSR count). The summed E-state index contributed by atoms with van der Waals surface area (Å²) in [5.41, 5.74) is 5.30. The maximum Gasteiger partial charge on any atom is 0.353 e. The number of rotatable bonds is 2. The third-order valence-corrected chi connectivity index (χ3v) is 3.12. The smallest absolute Gasteiger partial charge is 0.353 e. The van der Waals surface area contributed by atoms with Crippen molar-refractivity contribution in [2.24, 2.45) is 5.73 Å². The molecule has 0 bridgehead atoms. The third kappa shape index (κ3) is 1.50. The molecule has 0 aromatic rings. The van der Waals surface area contributed by atoms with E-state index in [1.165, 1.54) is 7.11 Å². The normalized spacial score (nSPS) is 27.4. The molecule has 1 saturated heterocycles. The largest absolute Gasteiger partial charge is 0.477 e. The Bertz CT molecular complexity index is 442. The van der Waals surface area contributed by atoms with Crippen molar-refractivity contribution in [1.29, 1.82) is 0 Å². The van der Waals surface area contributed by atoms with Gasteiger partial charge in [-0.3, -0.25) is 9.69 Å². The predicted octanol–water partition coefficient (Wildman–Crippen LogP) is -1.17. The average molecular weight is 240 g/mol. The Hall–Kier alpha value is -1.89. The Morgan fingerprint density at radius 1 is 1.53 bits per heavy atom. The minimum atomic E-state index is -1.31. The maximum absolute atomic E-state index is 11.5. The van der Waals surface area contributed by atoms with Gasteiger partial charge < -0.3 is 15.6 Å². The van der Waals surface area contributed by atoms with Gasteiger partial charge in [-0.15, -0.1) is 0 Å². The lowest BCUT2D eigenvalue weighted by Gasteiger charge is -2.48. The molecule has 0 aromatic carbocycles. The van der Waals surface area contributed by atoms with Crippen LogP contribution in [0.15, 0.2) is 11.3 Å². The molecule has 0 aliphatic carbocycles. The summed E-state index contributed by atoms with van der Waals surface area (Å²) >= 11 is 0. The molecule has 17 heavy (non-hydrogen) atoms. The van der Waals surface area contributed by atoms with Crippen molar-refractivity contribution in [3.05, 3.63) is 11.3 Å². The van der Waals surface area contributed by atoms with Crippen LogP contribution < -0.4 is 5.73 Å². The van der Waals surface area contributed by atoms with Crippen LogP contribution in [0, 0.1) is 0 Å². The summed E-state index contributed by atoms with van der Waals surface area (Å²) in [6.07, 6.45) is 0.741. The number of methoxy groups -OCH3 is 1. The average Bonchev–Trinajstić information content (AvgIpc) is 2.34. The van der Waals surface area contributed by atoms with Gasteiger partial charge in [-0.25, -0.2) is 9.59 Å². The maximum atomic E-state index is 11.5. The number of amides is 1. The number of β-lactam (4-membered cyclic amide) rings is 1. The van der Waals surface area contributed by atoms with E-state index in [2.05, 4.69) is 4.74 Å². The van der Waals surface area contributed by atoms with E-state index >= 15 is 0 Å². The van der Waals surface area contributed by atoms with Gasteiger partial charge in [0.15, 0.2) is 0 Å². The molecular weight excluding hydrogens is 228 g/mol. The molecule has 92 valence electrons. The van der Waals surface area contributed by atoms with E-state index in [0.717, 1.165) is 4.90 Å². The fourth-order valence-electron chi connectivity index (χ4n) is 2.26. The van der Waals surface area contributed by atoms with Crippen LogP contribution in [0.2, 0.25) is 0 Å². The Morgan fingerprint density at radius 3 is 2.71 bits per heavy atom. The zero-order valence-corrected chi connectivity index (χ0v) is 9.17. The lowest BCUT2D eigenvalue weighted by Crippen LogP contribution is -2.69. The monoisotopic (exact) mass is 240 g/mol. The van der Waals surface area contributed by atoms with Gasteiger partial charge in [0, 0.05) is 0 Å². The molecule has 0 saturated carbocycles. The van der Waals surface area contributed by atoms with E-state index in [4.69, 9.17) is 10.8 Å². The second-order valence-electron chi connectivity index (χ2n) is 3.96. The quantitative estimate of drug-likeness (QED) is 0.465. The fourth-order valence-corrected chi connectivity index (χ4v) is 2.26. The number of hydrogen-bond acceptors (Lipinski definition) is 5. The van der Waals surface area contributed by atoms with Crippen molar-refractivity contribution in [1.82, 2.24) is 4.90 Å². The van der Waals surface area contributed by atoms with Crippen molar-refractivity contribution in [2.45, 2.75) is 24.9 Å². The molecule has 0 unspecified atom stereocenters. The first kappa shape index (κ1) is 11.6. The number of carbonyl (C=O) groups is 3. The van der Waals surface area contributed by atoms with Gasteiger partial charge in [0.2, 0.25) is 5.91 Å². The molecule has 7 nitrogen and oxygen atoms in total. The molecule has 0 spiro atoms. The zero-order valence-electron chi connectivity index (χ0n) is 9.17. The Morgan fingerprint density at radius 2 is 2.18 bits per heavy atom. The predicted molar refractivity (Wildman–Crippen MR) is 54.5 cm³/mol. The van der Waals surface area contributed by atoms with Gasteiger partial charge in [0.25, 0.3) is 0 Å². The molecule has 1 amide bonds. The summed E-state index contributed by atoms with van der Waals surface area (Å²) in [6.45, 7) is 0. The second-order valence-corrected chi connectivity index (χ2v) is 3.96. The number of fused-ring (bicyclic) bond motifs is 1. The molecule has 1 fully saturated rings. The van der Waals surface area contributed by atoms with Crippen LogP contribution in [0.5, 0.6) is 0 Å². The van der Waals surface area contributed by atoms with E-state index in [1.54, 1.807) is 0 Å². The first-order valence-corrected chi connectivity index (χ1v) is 5.12. The summed E-state index contributed by atoms with van der Waals surface area (Å²) in [5, 5.41) is 9.08. The SMILES string of the molecule is COC(=O)C1=C(C(=O)O)N2C(=O)[C@@H](N)[C@H]2CC1. The minimum absolute atomic E-state index is 0.0245. The number of ether oxygens (including phenoxy) is 1. The highest BCUT2D eigenvalue weighted by Gasteiger charge is 2.51. The van der Waals surface area contributed by atoms with E-state index < -0.39 is 23.9 Å². The summed E-state index contributed by atoms with van der Waals surface area (Å²) in [4.78, 5) is 35.2. The highest BCUT2D eigenvalue weighted by Crippen LogP contribution is 2.36. The molecule has 7 heteroatoms. The van der Waals surface area contributed by atoms with Crippen LogP contribution >= 0.6 is 0 Å². The van der Waals surface area contributed by atoms with Crippen LogP contribution in [0.1, 0.15) is 12.8 Å². The molecule has 2 aliphatic rings. The van der Waals surface area contributed by atoms with Gasteiger partial charge in [-0.1, -0.05) is 0 Å². The lowest BCUT2D eigenvalue weighted by molar-refractivity contribution is -0.153. The summed E-state index contributed by atoms with van der Waals surface area (Å²) in [6, 6.07) is -0.981. The highest BCUT2D eigenvalue weighted by atomic mass is 16.5. The van der Waals surface area contributed by atoms with Gasteiger partial charge in [0.1, 0.15) is 11.7 Å². The first-order chi connectivity index (χ1) is 7.99. The Labute approximate surface area is 96.8 Å². The fraction of sp³-hybridized carbons (Fsp3) is 0.500. The topological polar surface area (TPSA) is 110 Å². The summed E-state index contributed by atoms with van der Waals surface area (Å²) in [7, 11) is 1.17. The van der Waals surface area contributed by atoms with Gasteiger partial charge in [-0.05, 0) is 12.8 Å². The standard InChI is InChI=1S/C10H12N2O5/c1-17-10(16)4-2-3-5-6(11)8(13)12(5)7(4)9(14)15/h5-6H,2-3,11H2,1H3,(H,14,15)/t5-,6+/m1/s1. The first-order valence-electron chi connectivity index (χ1n) is 5.12. The summed E-state index contributed by atoms with van der Waals surface area (Å²) < 4.78 is 4.51. The van der Waals surface area contributed by atoms with Crippen molar-refractivity contribution in [3.8, 4) is 0 Å². The van der Waals surface area contributed by atoms with E-state index in [1.807, 2.05) is 0 Å². The van der Waals surface area contributed by atoms with Crippen LogP contribution in [0.3, 0.4) is 0 Å². The van der Waals surface area contributed by atoms with Crippen LogP contribution in [-0.2, 0) is 19.1 Å². The van der Waals surface area contributed by atoms with Crippen molar-refractivity contribution in [2.75, 3.05) is 7.11 Å².